The maximum atomic E-state index is 12.8. The predicted molar refractivity (Wildman–Crippen MR) is 57.5 cm³/mol. The van der Waals surface area contributed by atoms with Crippen LogP contribution in [-0.2, 0) is 6.54 Å². The van der Waals surface area contributed by atoms with E-state index >= 15 is 0 Å². The number of hydrogen-bond donors (Lipinski definition) is 2. The molecular formula is C10H13BrFNO. The van der Waals surface area contributed by atoms with Crippen LogP contribution in [0, 0.1) is 5.82 Å². The summed E-state index contributed by atoms with van der Waals surface area (Å²) in [4.78, 5) is 0. The molecule has 0 aliphatic heterocycles. The highest BCUT2D eigenvalue weighted by Gasteiger charge is 2.00. The first-order valence-corrected chi connectivity index (χ1v) is 5.21. The van der Waals surface area contributed by atoms with Crippen molar-refractivity contribution >= 4 is 15.9 Å². The summed E-state index contributed by atoms with van der Waals surface area (Å²) >= 11 is 3.11. The molecular weight excluding hydrogens is 249 g/mol. The Bertz CT molecular complexity index is 304. The first-order valence-electron chi connectivity index (χ1n) is 4.42. The Morgan fingerprint density at radius 1 is 1.57 bits per heavy atom. The lowest BCUT2D eigenvalue weighted by atomic mass is 10.2. The fraction of sp³-hybridized carbons (Fsp3) is 0.400. The molecule has 0 aromatic heterocycles. The van der Waals surface area contributed by atoms with Crippen LogP contribution in [-0.4, -0.2) is 17.8 Å². The molecule has 1 unspecified atom stereocenters. The fourth-order valence-corrected chi connectivity index (χ4v) is 1.50. The minimum absolute atomic E-state index is 0.260. The molecule has 78 valence electrons. The summed E-state index contributed by atoms with van der Waals surface area (Å²) < 4.78 is 13.3. The Morgan fingerprint density at radius 3 is 2.86 bits per heavy atom. The number of rotatable bonds is 4. The van der Waals surface area contributed by atoms with Crippen LogP contribution in [0.1, 0.15) is 12.5 Å². The van der Waals surface area contributed by atoms with E-state index in [9.17, 15) is 4.39 Å². The van der Waals surface area contributed by atoms with Crippen molar-refractivity contribution in [3.63, 3.8) is 0 Å². The van der Waals surface area contributed by atoms with Gasteiger partial charge in [0.05, 0.1) is 10.6 Å². The van der Waals surface area contributed by atoms with E-state index in [4.69, 9.17) is 5.11 Å². The van der Waals surface area contributed by atoms with Gasteiger partial charge < -0.3 is 10.4 Å². The van der Waals surface area contributed by atoms with Crippen molar-refractivity contribution in [3.8, 4) is 0 Å². The van der Waals surface area contributed by atoms with Crippen molar-refractivity contribution in [2.45, 2.75) is 19.6 Å². The largest absolute Gasteiger partial charge is 0.392 e. The van der Waals surface area contributed by atoms with E-state index in [1.165, 1.54) is 6.07 Å². The first-order chi connectivity index (χ1) is 6.59. The molecule has 1 aromatic rings. The topological polar surface area (TPSA) is 32.3 Å². The van der Waals surface area contributed by atoms with Crippen LogP contribution in [0.25, 0.3) is 0 Å². The van der Waals surface area contributed by atoms with E-state index in [-0.39, 0.29) is 11.9 Å². The molecule has 0 bridgehead atoms. The average Bonchev–Trinajstić information content (AvgIpc) is 2.10. The van der Waals surface area contributed by atoms with Gasteiger partial charge in [0, 0.05) is 13.1 Å². The van der Waals surface area contributed by atoms with Gasteiger partial charge in [-0.05, 0) is 40.5 Å². The number of halogens is 2. The Kier molecular flexibility index (Phi) is 4.51. The maximum absolute atomic E-state index is 12.8. The Labute approximate surface area is 91.3 Å². The van der Waals surface area contributed by atoms with Gasteiger partial charge in [0.2, 0.25) is 0 Å². The zero-order chi connectivity index (χ0) is 10.6. The van der Waals surface area contributed by atoms with E-state index in [1.807, 2.05) is 0 Å². The van der Waals surface area contributed by atoms with Crippen molar-refractivity contribution < 1.29 is 9.50 Å². The number of aliphatic hydroxyl groups excluding tert-OH is 1. The van der Waals surface area contributed by atoms with Gasteiger partial charge in [0.25, 0.3) is 0 Å². The molecule has 0 radical (unpaired) electrons. The molecule has 0 amide bonds. The van der Waals surface area contributed by atoms with Crippen molar-refractivity contribution in [2.24, 2.45) is 0 Å². The minimum Gasteiger partial charge on any atom is -0.392 e. The standard InChI is InChI=1S/C10H13BrFNO/c1-7(14)5-13-6-8-2-3-10(12)9(11)4-8/h2-4,7,13-14H,5-6H2,1H3. The third-order valence-corrected chi connectivity index (χ3v) is 2.36. The van der Waals surface area contributed by atoms with Gasteiger partial charge in [-0.15, -0.1) is 0 Å². The fourth-order valence-electron chi connectivity index (χ4n) is 1.07. The molecule has 1 aromatic carbocycles. The molecule has 0 aliphatic carbocycles. The van der Waals surface area contributed by atoms with Crippen LogP contribution in [0.15, 0.2) is 22.7 Å². The van der Waals surface area contributed by atoms with E-state index < -0.39 is 0 Å². The summed E-state index contributed by atoms with van der Waals surface area (Å²) in [5, 5.41) is 12.1. The molecule has 0 aliphatic rings. The van der Waals surface area contributed by atoms with Gasteiger partial charge in [-0.25, -0.2) is 4.39 Å². The lowest BCUT2D eigenvalue weighted by molar-refractivity contribution is 0.191. The van der Waals surface area contributed by atoms with Crippen LogP contribution in [0.3, 0.4) is 0 Å². The van der Waals surface area contributed by atoms with Crippen LogP contribution >= 0.6 is 15.9 Å². The molecule has 4 heteroatoms. The first kappa shape index (κ1) is 11.6. The third-order valence-electron chi connectivity index (χ3n) is 1.75. The van der Waals surface area contributed by atoms with Crippen LogP contribution in [0.5, 0.6) is 0 Å². The van der Waals surface area contributed by atoms with Gasteiger partial charge in [0.1, 0.15) is 5.82 Å². The summed E-state index contributed by atoms with van der Waals surface area (Å²) in [6.45, 7) is 2.88. The molecule has 1 rings (SSSR count). The van der Waals surface area contributed by atoms with Crippen molar-refractivity contribution in [1.29, 1.82) is 0 Å². The second kappa shape index (κ2) is 5.44. The second-order valence-corrected chi connectivity index (χ2v) is 4.08. The molecule has 0 fully saturated rings. The van der Waals surface area contributed by atoms with E-state index in [0.717, 1.165) is 5.56 Å². The molecule has 0 heterocycles. The van der Waals surface area contributed by atoms with Gasteiger partial charge >= 0.3 is 0 Å². The predicted octanol–water partition coefficient (Wildman–Crippen LogP) is 2.06. The average molecular weight is 262 g/mol. The smallest absolute Gasteiger partial charge is 0.137 e. The third kappa shape index (κ3) is 3.74. The Morgan fingerprint density at radius 2 is 2.29 bits per heavy atom. The normalized spacial score (nSPS) is 12.9. The minimum atomic E-state index is -0.362. The zero-order valence-electron chi connectivity index (χ0n) is 7.93. The molecule has 0 saturated heterocycles. The lowest BCUT2D eigenvalue weighted by Gasteiger charge is -2.07. The number of nitrogens with one attached hydrogen (secondary N) is 1. The van der Waals surface area contributed by atoms with Crippen LogP contribution in [0.2, 0.25) is 0 Å². The summed E-state index contributed by atoms with van der Waals surface area (Å²) in [5.74, 6) is -0.260. The van der Waals surface area contributed by atoms with Gasteiger partial charge in [-0.1, -0.05) is 6.07 Å². The summed E-state index contributed by atoms with van der Waals surface area (Å²) in [5.41, 5.74) is 0.985. The molecule has 14 heavy (non-hydrogen) atoms. The highest BCUT2D eigenvalue weighted by Crippen LogP contribution is 2.16. The van der Waals surface area contributed by atoms with Crippen LogP contribution < -0.4 is 5.32 Å². The number of benzene rings is 1. The van der Waals surface area contributed by atoms with E-state index in [0.29, 0.717) is 17.6 Å². The molecule has 0 saturated carbocycles. The number of aliphatic hydroxyl groups is 1. The molecule has 1 atom stereocenters. The second-order valence-electron chi connectivity index (χ2n) is 3.23. The van der Waals surface area contributed by atoms with Crippen molar-refractivity contribution in [3.05, 3.63) is 34.1 Å². The van der Waals surface area contributed by atoms with Gasteiger partial charge in [-0.3, -0.25) is 0 Å². The SMILES string of the molecule is CC(O)CNCc1ccc(F)c(Br)c1. The molecule has 2 N–H and O–H groups in total. The summed E-state index contributed by atoms with van der Waals surface area (Å²) in [6, 6.07) is 4.86. The molecule has 2 nitrogen and oxygen atoms in total. The van der Waals surface area contributed by atoms with E-state index in [2.05, 4.69) is 21.2 Å². The Balaban J connectivity index is 2.47. The molecule has 0 spiro atoms. The van der Waals surface area contributed by atoms with E-state index in [1.54, 1.807) is 19.1 Å². The lowest BCUT2D eigenvalue weighted by Crippen LogP contribution is -2.23. The summed E-state index contributed by atoms with van der Waals surface area (Å²) in [6.07, 6.45) is -0.362. The quantitative estimate of drug-likeness (QED) is 0.870. The van der Waals surface area contributed by atoms with Crippen LogP contribution in [0.4, 0.5) is 4.39 Å². The van der Waals surface area contributed by atoms with Gasteiger partial charge in [-0.2, -0.15) is 0 Å². The zero-order valence-corrected chi connectivity index (χ0v) is 9.51. The maximum Gasteiger partial charge on any atom is 0.137 e. The van der Waals surface area contributed by atoms with Crippen molar-refractivity contribution in [1.82, 2.24) is 5.32 Å². The monoisotopic (exact) mass is 261 g/mol. The summed E-state index contributed by atoms with van der Waals surface area (Å²) in [7, 11) is 0. The highest BCUT2D eigenvalue weighted by atomic mass is 79.9. The number of hydrogen-bond acceptors (Lipinski definition) is 2. The highest BCUT2D eigenvalue weighted by molar-refractivity contribution is 9.10. The Hall–Kier alpha value is -0.450. The van der Waals surface area contributed by atoms with Crippen molar-refractivity contribution in [2.75, 3.05) is 6.54 Å². The van der Waals surface area contributed by atoms with Gasteiger partial charge in [0.15, 0.2) is 0 Å².